The van der Waals surface area contributed by atoms with Crippen LogP contribution < -0.4 is 0 Å². The van der Waals surface area contributed by atoms with Crippen LogP contribution in [0.4, 0.5) is 0 Å². The lowest BCUT2D eigenvalue weighted by Crippen LogP contribution is -1.91. The zero-order valence-corrected chi connectivity index (χ0v) is 10.4. The fourth-order valence-corrected chi connectivity index (χ4v) is 3.41. The summed E-state index contributed by atoms with van der Waals surface area (Å²) < 4.78 is 0. The lowest BCUT2D eigenvalue weighted by Gasteiger charge is -2.03. The molecule has 0 amide bonds. The van der Waals surface area contributed by atoms with Crippen LogP contribution in [0.5, 0.6) is 5.75 Å². The number of nitrogens with zero attached hydrogens (tertiary/aromatic N) is 1. The smallest absolute Gasteiger partial charge is 0.127 e. The number of benzene rings is 1. The number of phenols is 1. The van der Waals surface area contributed by atoms with Crippen LogP contribution in [0, 0.1) is 0 Å². The van der Waals surface area contributed by atoms with Gasteiger partial charge in [0.1, 0.15) is 10.8 Å². The van der Waals surface area contributed by atoms with Crippen LogP contribution in [0.3, 0.4) is 0 Å². The summed E-state index contributed by atoms with van der Waals surface area (Å²) in [5.41, 5.74) is 2.06. The van der Waals surface area contributed by atoms with Crippen molar-refractivity contribution in [3.05, 3.63) is 35.3 Å². The molecule has 3 rings (SSSR count). The Kier molecular flexibility index (Phi) is 2.85. The minimum absolute atomic E-state index is 0.319. The molecule has 1 aromatic carbocycles. The van der Waals surface area contributed by atoms with Crippen molar-refractivity contribution >= 4 is 11.3 Å². The van der Waals surface area contributed by atoms with E-state index in [9.17, 15) is 5.11 Å². The summed E-state index contributed by atoms with van der Waals surface area (Å²) in [7, 11) is 0. The number of hydrogen-bond acceptors (Lipinski definition) is 3. The molecule has 2 aromatic rings. The van der Waals surface area contributed by atoms with Gasteiger partial charge in [0.2, 0.25) is 0 Å². The molecular formula is C14H15NOS. The fraction of sp³-hybridized carbons (Fsp3) is 0.357. The Hall–Kier alpha value is -1.35. The van der Waals surface area contributed by atoms with Crippen LogP contribution in [0.15, 0.2) is 29.6 Å². The van der Waals surface area contributed by atoms with Crippen LogP contribution in [0.1, 0.15) is 37.3 Å². The van der Waals surface area contributed by atoms with Crippen molar-refractivity contribution in [2.75, 3.05) is 0 Å². The number of aromatic hydroxyl groups is 1. The van der Waals surface area contributed by atoms with E-state index < -0.39 is 0 Å². The molecule has 0 unspecified atom stereocenters. The number of hydrogen-bond donors (Lipinski definition) is 1. The standard InChI is InChI=1S/C14H15NOS/c16-13-8-4-3-7-11(13)14-15-12(9-17-14)10-5-1-2-6-10/h3-4,7-10,16H,1-2,5-6H2. The molecule has 1 aliphatic rings. The molecule has 0 aliphatic heterocycles. The van der Waals surface area contributed by atoms with Crippen LogP contribution in [-0.2, 0) is 0 Å². The summed E-state index contributed by atoms with van der Waals surface area (Å²) in [5, 5.41) is 12.9. The fourth-order valence-electron chi connectivity index (χ4n) is 2.47. The molecule has 1 fully saturated rings. The highest BCUT2D eigenvalue weighted by Gasteiger charge is 2.20. The van der Waals surface area contributed by atoms with E-state index in [4.69, 9.17) is 0 Å². The summed E-state index contributed by atoms with van der Waals surface area (Å²) in [5.74, 6) is 0.964. The van der Waals surface area contributed by atoms with Gasteiger partial charge in [0.25, 0.3) is 0 Å². The maximum Gasteiger partial charge on any atom is 0.127 e. The quantitative estimate of drug-likeness (QED) is 0.861. The van der Waals surface area contributed by atoms with Crippen LogP contribution >= 0.6 is 11.3 Å². The minimum atomic E-state index is 0.319. The Morgan fingerprint density at radius 3 is 2.71 bits per heavy atom. The highest BCUT2D eigenvalue weighted by molar-refractivity contribution is 7.13. The van der Waals surface area contributed by atoms with E-state index in [2.05, 4.69) is 10.4 Å². The average Bonchev–Trinajstić information content (AvgIpc) is 3.00. The SMILES string of the molecule is Oc1ccccc1-c1nc(C2CCCC2)cs1. The maximum absolute atomic E-state index is 9.81. The number of para-hydroxylation sites is 1. The van der Waals surface area contributed by atoms with E-state index in [0.717, 1.165) is 10.6 Å². The topological polar surface area (TPSA) is 33.1 Å². The number of thiazole rings is 1. The summed E-state index contributed by atoms with van der Waals surface area (Å²) in [6, 6.07) is 7.41. The van der Waals surface area contributed by atoms with E-state index in [1.807, 2.05) is 18.2 Å². The highest BCUT2D eigenvalue weighted by Crippen LogP contribution is 2.37. The van der Waals surface area contributed by atoms with Gasteiger partial charge < -0.3 is 5.11 Å². The van der Waals surface area contributed by atoms with E-state index in [1.54, 1.807) is 17.4 Å². The number of rotatable bonds is 2. The lowest BCUT2D eigenvalue weighted by atomic mass is 10.1. The molecule has 3 heteroatoms. The van der Waals surface area contributed by atoms with Gasteiger partial charge in [-0.2, -0.15) is 0 Å². The zero-order valence-electron chi connectivity index (χ0n) is 9.60. The van der Waals surface area contributed by atoms with Gasteiger partial charge in [-0.25, -0.2) is 4.98 Å². The molecule has 2 nitrogen and oxygen atoms in total. The summed E-state index contributed by atoms with van der Waals surface area (Å²) in [4.78, 5) is 4.68. The molecule has 0 bridgehead atoms. The Morgan fingerprint density at radius 1 is 1.18 bits per heavy atom. The third-order valence-electron chi connectivity index (χ3n) is 3.43. The van der Waals surface area contributed by atoms with Gasteiger partial charge in [-0.05, 0) is 25.0 Å². The summed E-state index contributed by atoms with van der Waals surface area (Å²) in [6.07, 6.45) is 5.19. The van der Waals surface area contributed by atoms with Crippen LogP contribution in [-0.4, -0.2) is 10.1 Å². The zero-order chi connectivity index (χ0) is 11.7. The van der Waals surface area contributed by atoms with Crippen molar-refractivity contribution < 1.29 is 5.11 Å². The third-order valence-corrected chi connectivity index (χ3v) is 4.32. The third kappa shape index (κ3) is 2.07. The van der Waals surface area contributed by atoms with E-state index in [0.29, 0.717) is 11.7 Å². The second-order valence-electron chi connectivity index (χ2n) is 4.58. The molecule has 0 radical (unpaired) electrons. The minimum Gasteiger partial charge on any atom is -0.507 e. The Balaban J connectivity index is 1.92. The van der Waals surface area contributed by atoms with Crippen molar-refractivity contribution in [1.29, 1.82) is 0 Å². The van der Waals surface area contributed by atoms with Gasteiger partial charge >= 0.3 is 0 Å². The van der Waals surface area contributed by atoms with Crippen LogP contribution in [0.25, 0.3) is 10.6 Å². The monoisotopic (exact) mass is 245 g/mol. The molecule has 88 valence electrons. The van der Waals surface area contributed by atoms with Gasteiger partial charge in [-0.15, -0.1) is 11.3 Å². The molecule has 17 heavy (non-hydrogen) atoms. The lowest BCUT2D eigenvalue weighted by molar-refractivity contribution is 0.477. The van der Waals surface area contributed by atoms with Crippen molar-refractivity contribution in [3.8, 4) is 16.3 Å². The highest BCUT2D eigenvalue weighted by atomic mass is 32.1. The maximum atomic E-state index is 9.81. The molecule has 0 spiro atoms. The first-order valence-corrected chi connectivity index (χ1v) is 6.96. The second-order valence-corrected chi connectivity index (χ2v) is 5.43. The molecule has 1 aromatic heterocycles. The van der Waals surface area contributed by atoms with Crippen molar-refractivity contribution in [3.63, 3.8) is 0 Å². The van der Waals surface area contributed by atoms with E-state index in [1.165, 1.54) is 31.4 Å². The molecule has 0 atom stereocenters. The molecule has 1 saturated carbocycles. The normalized spacial score (nSPS) is 16.5. The number of aromatic nitrogens is 1. The largest absolute Gasteiger partial charge is 0.507 e. The van der Waals surface area contributed by atoms with Gasteiger partial charge in [-0.1, -0.05) is 25.0 Å². The second kappa shape index (κ2) is 4.49. The number of phenolic OH excluding ortho intramolecular Hbond substituents is 1. The van der Waals surface area contributed by atoms with E-state index in [-0.39, 0.29) is 0 Å². The van der Waals surface area contributed by atoms with Gasteiger partial charge in [0.05, 0.1) is 11.3 Å². The van der Waals surface area contributed by atoms with Crippen molar-refractivity contribution in [1.82, 2.24) is 4.98 Å². The van der Waals surface area contributed by atoms with Crippen LogP contribution in [0.2, 0.25) is 0 Å². The predicted octanol–water partition coefficient (Wildman–Crippen LogP) is 4.17. The molecule has 1 aliphatic carbocycles. The van der Waals surface area contributed by atoms with Gasteiger partial charge in [0.15, 0.2) is 0 Å². The van der Waals surface area contributed by atoms with Crippen molar-refractivity contribution in [2.24, 2.45) is 0 Å². The van der Waals surface area contributed by atoms with Gasteiger partial charge in [-0.3, -0.25) is 0 Å². The first-order chi connectivity index (χ1) is 8.34. The average molecular weight is 245 g/mol. The first-order valence-electron chi connectivity index (χ1n) is 6.08. The Labute approximate surface area is 105 Å². The molecule has 1 heterocycles. The Bertz CT molecular complexity index is 514. The predicted molar refractivity (Wildman–Crippen MR) is 70.4 cm³/mol. The van der Waals surface area contributed by atoms with Gasteiger partial charge in [0, 0.05) is 11.3 Å². The first kappa shape index (κ1) is 10.8. The molecule has 0 saturated heterocycles. The summed E-state index contributed by atoms with van der Waals surface area (Å²) >= 11 is 1.63. The van der Waals surface area contributed by atoms with E-state index >= 15 is 0 Å². The Morgan fingerprint density at radius 2 is 1.94 bits per heavy atom. The summed E-state index contributed by atoms with van der Waals surface area (Å²) in [6.45, 7) is 0. The molecular weight excluding hydrogens is 230 g/mol. The van der Waals surface area contributed by atoms with Crippen molar-refractivity contribution in [2.45, 2.75) is 31.6 Å². The molecule has 1 N–H and O–H groups in total.